The molecule has 3 aromatic carbocycles. The van der Waals surface area contributed by atoms with Crippen LogP contribution in [0.1, 0.15) is 12.5 Å². The summed E-state index contributed by atoms with van der Waals surface area (Å²) in [6.07, 6.45) is 0.672. The molecule has 0 atom stereocenters. The van der Waals surface area contributed by atoms with E-state index in [1.807, 2.05) is 78.2 Å². The quantitative estimate of drug-likeness (QED) is 0.323. The molecule has 1 N–H and O–H groups in total. The molecular weight excluding hydrogens is 362 g/mol. The number of hydrogen-bond acceptors (Lipinski definition) is 3. The van der Waals surface area contributed by atoms with Gasteiger partial charge in [0.15, 0.2) is 5.43 Å². The third-order valence-electron chi connectivity index (χ3n) is 4.85. The molecule has 1 amide bonds. The molecule has 4 aromatic rings. The Labute approximate surface area is 168 Å². The van der Waals surface area contributed by atoms with Gasteiger partial charge in [0, 0.05) is 22.9 Å². The van der Waals surface area contributed by atoms with Crippen molar-refractivity contribution in [1.29, 1.82) is 0 Å². The second-order valence-electron chi connectivity index (χ2n) is 6.99. The maximum absolute atomic E-state index is 12.8. The average Bonchev–Trinajstić information content (AvgIpc) is 2.76. The lowest BCUT2D eigenvalue weighted by Crippen LogP contribution is -2.26. The minimum Gasteiger partial charge on any atom is -0.331 e. The lowest BCUT2D eigenvalue weighted by Gasteiger charge is -2.14. The second kappa shape index (κ2) is 8.10. The van der Waals surface area contributed by atoms with Crippen LogP contribution < -0.4 is 10.9 Å². The Kier molecular flexibility index (Phi) is 5.20. The Morgan fingerprint density at radius 3 is 2.03 bits per heavy atom. The molecular formula is C24H21N3O2. The smallest absolute Gasteiger partial charge is 0.260 e. The van der Waals surface area contributed by atoms with Crippen molar-refractivity contribution in [3.63, 3.8) is 0 Å². The van der Waals surface area contributed by atoms with E-state index in [0.717, 1.165) is 22.3 Å². The van der Waals surface area contributed by atoms with Crippen molar-refractivity contribution in [3.05, 3.63) is 94.6 Å². The summed E-state index contributed by atoms with van der Waals surface area (Å²) in [5.74, 6) is -0.239. The number of aromatic nitrogens is 1. The van der Waals surface area contributed by atoms with Gasteiger partial charge < -0.3 is 4.57 Å². The van der Waals surface area contributed by atoms with E-state index in [4.69, 9.17) is 0 Å². The van der Waals surface area contributed by atoms with Crippen molar-refractivity contribution in [3.8, 4) is 0 Å². The number of rotatable bonds is 5. The van der Waals surface area contributed by atoms with Crippen molar-refractivity contribution in [2.75, 3.05) is 0 Å². The average molecular weight is 383 g/mol. The third kappa shape index (κ3) is 3.94. The van der Waals surface area contributed by atoms with E-state index < -0.39 is 0 Å². The Morgan fingerprint density at radius 2 is 1.41 bits per heavy atom. The minimum absolute atomic E-state index is 0.0235. The first-order valence-corrected chi connectivity index (χ1v) is 9.49. The van der Waals surface area contributed by atoms with Gasteiger partial charge in [-0.3, -0.25) is 9.59 Å². The van der Waals surface area contributed by atoms with Crippen LogP contribution in [0.25, 0.3) is 21.8 Å². The maximum Gasteiger partial charge on any atom is 0.260 e. The molecule has 144 valence electrons. The summed E-state index contributed by atoms with van der Waals surface area (Å²) in [6, 6.07) is 24.7. The molecule has 0 aliphatic carbocycles. The molecule has 5 nitrogen and oxygen atoms in total. The SMILES string of the molecule is C/C(Cc1ccccc1)=N/NC(=O)Cn1c2ccccc2c(=O)c2ccccc21. The van der Waals surface area contributed by atoms with Crippen LogP contribution in [0.2, 0.25) is 0 Å². The van der Waals surface area contributed by atoms with Crippen LogP contribution in [0, 0.1) is 0 Å². The van der Waals surface area contributed by atoms with Crippen LogP contribution in [0.15, 0.2) is 88.8 Å². The first-order chi connectivity index (χ1) is 14.1. The summed E-state index contributed by atoms with van der Waals surface area (Å²) in [4.78, 5) is 25.4. The van der Waals surface area contributed by atoms with E-state index in [-0.39, 0.29) is 17.9 Å². The fraction of sp³-hybridized carbons (Fsp3) is 0.125. The van der Waals surface area contributed by atoms with E-state index in [1.54, 1.807) is 12.1 Å². The van der Waals surface area contributed by atoms with Crippen LogP contribution in [0.4, 0.5) is 0 Å². The van der Waals surface area contributed by atoms with Crippen molar-refractivity contribution >= 4 is 33.4 Å². The zero-order valence-electron chi connectivity index (χ0n) is 16.1. The monoisotopic (exact) mass is 383 g/mol. The summed E-state index contributed by atoms with van der Waals surface area (Å²) in [6.45, 7) is 1.96. The van der Waals surface area contributed by atoms with Gasteiger partial charge in [-0.25, -0.2) is 5.43 Å². The molecule has 0 bridgehead atoms. The molecule has 1 heterocycles. The van der Waals surface area contributed by atoms with E-state index in [9.17, 15) is 9.59 Å². The Hall–Kier alpha value is -3.73. The van der Waals surface area contributed by atoms with E-state index >= 15 is 0 Å². The molecule has 0 aliphatic heterocycles. The van der Waals surface area contributed by atoms with Crippen LogP contribution in [0.5, 0.6) is 0 Å². The lowest BCUT2D eigenvalue weighted by atomic mass is 10.1. The topological polar surface area (TPSA) is 63.5 Å². The standard InChI is InChI=1S/C24H21N3O2/c1-17(15-18-9-3-2-4-10-18)25-26-23(28)16-27-21-13-7-5-11-19(21)24(29)20-12-6-8-14-22(20)27/h2-14H,15-16H2,1H3,(H,26,28)/b25-17-. The first-order valence-electron chi connectivity index (χ1n) is 9.49. The molecule has 0 saturated carbocycles. The van der Waals surface area contributed by atoms with Gasteiger partial charge in [-0.05, 0) is 36.8 Å². The molecule has 0 unspecified atom stereocenters. The van der Waals surface area contributed by atoms with Gasteiger partial charge >= 0.3 is 0 Å². The molecule has 0 radical (unpaired) electrons. The Morgan fingerprint density at radius 1 is 0.862 bits per heavy atom. The molecule has 0 fully saturated rings. The number of hydrazone groups is 1. The van der Waals surface area contributed by atoms with Crippen LogP contribution in [-0.4, -0.2) is 16.2 Å². The van der Waals surface area contributed by atoms with Crippen LogP contribution >= 0.6 is 0 Å². The molecule has 0 saturated heterocycles. The normalized spacial score (nSPS) is 11.7. The zero-order chi connectivity index (χ0) is 20.2. The van der Waals surface area contributed by atoms with Crippen molar-refractivity contribution in [1.82, 2.24) is 9.99 Å². The van der Waals surface area contributed by atoms with E-state index in [2.05, 4.69) is 10.5 Å². The predicted octanol–water partition coefficient (Wildman–Crippen LogP) is 3.89. The second-order valence-corrected chi connectivity index (χ2v) is 6.99. The number of fused-ring (bicyclic) bond motifs is 2. The van der Waals surface area contributed by atoms with Crippen molar-refractivity contribution in [2.24, 2.45) is 5.10 Å². The van der Waals surface area contributed by atoms with Crippen molar-refractivity contribution in [2.45, 2.75) is 19.9 Å². The highest BCUT2D eigenvalue weighted by atomic mass is 16.2. The fourth-order valence-corrected chi connectivity index (χ4v) is 3.51. The number of nitrogens with one attached hydrogen (secondary N) is 1. The van der Waals surface area contributed by atoms with E-state index in [0.29, 0.717) is 17.2 Å². The zero-order valence-corrected chi connectivity index (χ0v) is 16.1. The summed E-state index contributed by atoms with van der Waals surface area (Å²) >= 11 is 0. The van der Waals surface area contributed by atoms with Gasteiger partial charge in [0.25, 0.3) is 5.91 Å². The van der Waals surface area contributed by atoms with Gasteiger partial charge in [-0.2, -0.15) is 5.10 Å². The number of pyridine rings is 1. The number of carbonyl (C=O) groups is 1. The summed E-state index contributed by atoms with van der Waals surface area (Å²) in [5.41, 5.74) is 6.05. The number of para-hydroxylation sites is 2. The molecule has 1 aromatic heterocycles. The van der Waals surface area contributed by atoms with Gasteiger partial charge in [-0.15, -0.1) is 0 Å². The summed E-state index contributed by atoms with van der Waals surface area (Å²) in [7, 11) is 0. The highest BCUT2D eigenvalue weighted by Gasteiger charge is 2.12. The fourth-order valence-electron chi connectivity index (χ4n) is 3.51. The van der Waals surface area contributed by atoms with Gasteiger partial charge in [0.05, 0.1) is 11.0 Å². The van der Waals surface area contributed by atoms with Crippen LogP contribution in [0.3, 0.4) is 0 Å². The Balaban J connectivity index is 1.62. The largest absolute Gasteiger partial charge is 0.331 e. The van der Waals surface area contributed by atoms with Crippen LogP contribution in [-0.2, 0) is 17.8 Å². The summed E-state index contributed by atoms with van der Waals surface area (Å²) < 4.78 is 1.86. The van der Waals surface area contributed by atoms with Gasteiger partial charge in [-0.1, -0.05) is 54.6 Å². The van der Waals surface area contributed by atoms with Gasteiger partial charge in [0.1, 0.15) is 6.54 Å². The number of carbonyl (C=O) groups excluding carboxylic acids is 1. The van der Waals surface area contributed by atoms with E-state index in [1.165, 1.54) is 0 Å². The lowest BCUT2D eigenvalue weighted by molar-refractivity contribution is -0.121. The number of benzene rings is 3. The number of hydrogen-bond donors (Lipinski definition) is 1. The van der Waals surface area contributed by atoms with Gasteiger partial charge in [0.2, 0.25) is 0 Å². The molecule has 5 heteroatoms. The summed E-state index contributed by atoms with van der Waals surface area (Å²) in [5, 5.41) is 5.43. The van der Waals surface area contributed by atoms with Crippen molar-refractivity contribution < 1.29 is 4.79 Å². The minimum atomic E-state index is -0.239. The highest BCUT2D eigenvalue weighted by Crippen LogP contribution is 2.18. The molecule has 0 aliphatic rings. The third-order valence-corrected chi connectivity index (χ3v) is 4.85. The molecule has 0 spiro atoms. The first kappa shape index (κ1) is 18.6. The molecule has 4 rings (SSSR count). The number of amides is 1. The molecule has 29 heavy (non-hydrogen) atoms. The highest BCUT2D eigenvalue weighted by molar-refractivity contribution is 5.95. The maximum atomic E-state index is 12.8. The number of nitrogens with zero attached hydrogens (tertiary/aromatic N) is 2. The predicted molar refractivity (Wildman–Crippen MR) is 117 cm³/mol. The Bertz CT molecular complexity index is 1210.